The van der Waals surface area contributed by atoms with E-state index in [1.165, 1.54) is 5.56 Å². The molecule has 108 valence electrons. The Labute approximate surface area is 126 Å². The largest absolute Gasteiger partial charge is 0.312 e. The van der Waals surface area contributed by atoms with Crippen molar-refractivity contribution in [2.24, 2.45) is 0 Å². The lowest BCUT2D eigenvalue weighted by Crippen LogP contribution is -2.48. The second-order valence-corrected chi connectivity index (χ2v) is 5.22. The molecule has 0 amide bonds. The van der Waals surface area contributed by atoms with Crippen LogP contribution < -0.4 is 5.32 Å². The molecule has 4 nitrogen and oxygen atoms in total. The van der Waals surface area contributed by atoms with Crippen LogP contribution in [-0.2, 0) is 6.54 Å². The van der Waals surface area contributed by atoms with E-state index in [-0.39, 0.29) is 12.4 Å². The van der Waals surface area contributed by atoms with Crippen molar-refractivity contribution in [3.05, 3.63) is 48.3 Å². The summed E-state index contributed by atoms with van der Waals surface area (Å²) in [7, 11) is 0. The molecule has 0 radical (unpaired) electrons. The Hall–Kier alpha value is -1.36. The number of piperazine rings is 1. The molecule has 1 unspecified atom stereocenters. The van der Waals surface area contributed by atoms with Crippen LogP contribution in [0.3, 0.4) is 0 Å². The van der Waals surface area contributed by atoms with Gasteiger partial charge in [0.25, 0.3) is 0 Å². The van der Waals surface area contributed by atoms with Crippen LogP contribution in [0.2, 0.25) is 0 Å². The van der Waals surface area contributed by atoms with E-state index in [4.69, 9.17) is 0 Å². The van der Waals surface area contributed by atoms with E-state index >= 15 is 0 Å². The Bertz CT molecular complexity index is 526. The van der Waals surface area contributed by atoms with E-state index in [0.29, 0.717) is 6.04 Å². The molecule has 5 heteroatoms. The summed E-state index contributed by atoms with van der Waals surface area (Å²) in [5, 5.41) is 7.91. The van der Waals surface area contributed by atoms with E-state index in [1.54, 1.807) is 0 Å². The van der Waals surface area contributed by atoms with Gasteiger partial charge >= 0.3 is 0 Å². The average Bonchev–Trinajstić information content (AvgIpc) is 2.88. The lowest BCUT2D eigenvalue weighted by atomic mass is 10.2. The van der Waals surface area contributed by atoms with Crippen LogP contribution in [0.4, 0.5) is 0 Å². The van der Waals surface area contributed by atoms with Crippen LogP contribution in [-0.4, -0.2) is 40.4 Å². The maximum Gasteiger partial charge on any atom is 0.0645 e. The van der Waals surface area contributed by atoms with Gasteiger partial charge in [-0.3, -0.25) is 4.90 Å². The monoisotopic (exact) mass is 292 g/mol. The van der Waals surface area contributed by atoms with Crippen molar-refractivity contribution >= 4 is 12.4 Å². The van der Waals surface area contributed by atoms with Crippen LogP contribution in [0.1, 0.15) is 12.5 Å². The molecule has 1 aliphatic rings. The Morgan fingerprint density at radius 3 is 2.85 bits per heavy atom. The van der Waals surface area contributed by atoms with Crippen LogP contribution in [0.5, 0.6) is 0 Å². The molecule has 0 bridgehead atoms. The van der Waals surface area contributed by atoms with Gasteiger partial charge in [0.05, 0.1) is 11.9 Å². The third-order valence-corrected chi connectivity index (χ3v) is 3.52. The molecule has 1 aliphatic heterocycles. The van der Waals surface area contributed by atoms with Crippen LogP contribution >= 0.6 is 12.4 Å². The molecule has 1 fully saturated rings. The Balaban J connectivity index is 0.00000147. The van der Waals surface area contributed by atoms with Crippen molar-refractivity contribution in [3.8, 4) is 5.69 Å². The van der Waals surface area contributed by atoms with Gasteiger partial charge in [-0.1, -0.05) is 18.2 Å². The number of hydrogen-bond donors (Lipinski definition) is 1. The van der Waals surface area contributed by atoms with E-state index in [0.717, 1.165) is 31.9 Å². The number of halogens is 1. The quantitative estimate of drug-likeness (QED) is 0.940. The van der Waals surface area contributed by atoms with Gasteiger partial charge in [0, 0.05) is 44.0 Å². The fraction of sp³-hybridized carbons (Fsp3) is 0.400. The third kappa shape index (κ3) is 3.60. The summed E-state index contributed by atoms with van der Waals surface area (Å²) in [6.45, 7) is 6.52. The van der Waals surface area contributed by atoms with Crippen molar-refractivity contribution in [1.29, 1.82) is 0 Å². The molecule has 3 rings (SSSR count). The lowest BCUT2D eigenvalue weighted by Gasteiger charge is -2.31. The smallest absolute Gasteiger partial charge is 0.0645 e. The van der Waals surface area contributed by atoms with Crippen molar-refractivity contribution < 1.29 is 0 Å². The first-order valence-electron chi connectivity index (χ1n) is 6.86. The van der Waals surface area contributed by atoms with Gasteiger partial charge in [-0.05, 0) is 19.1 Å². The molecule has 20 heavy (non-hydrogen) atoms. The zero-order valence-electron chi connectivity index (χ0n) is 11.7. The van der Waals surface area contributed by atoms with Crippen molar-refractivity contribution in [1.82, 2.24) is 20.0 Å². The average molecular weight is 293 g/mol. The molecule has 0 spiro atoms. The van der Waals surface area contributed by atoms with Crippen LogP contribution in [0.15, 0.2) is 42.7 Å². The molecule has 1 saturated heterocycles. The van der Waals surface area contributed by atoms with Crippen molar-refractivity contribution in [2.45, 2.75) is 19.5 Å². The number of nitrogens with zero attached hydrogens (tertiary/aromatic N) is 3. The fourth-order valence-electron chi connectivity index (χ4n) is 2.58. The Morgan fingerprint density at radius 2 is 2.10 bits per heavy atom. The Kier molecular flexibility index (Phi) is 5.17. The molecule has 2 aromatic rings. The van der Waals surface area contributed by atoms with Gasteiger partial charge in [0.1, 0.15) is 0 Å². The molecular formula is C15H21ClN4. The molecule has 2 heterocycles. The summed E-state index contributed by atoms with van der Waals surface area (Å²) < 4.78 is 1.95. The number of para-hydroxylation sites is 1. The molecule has 0 aliphatic carbocycles. The second kappa shape index (κ2) is 6.88. The highest BCUT2D eigenvalue weighted by Crippen LogP contribution is 2.10. The minimum absolute atomic E-state index is 0. The molecule has 0 saturated carbocycles. The number of rotatable bonds is 3. The van der Waals surface area contributed by atoms with Gasteiger partial charge in [-0.25, -0.2) is 4.68 Å². The lowest BCUT2D eigenvalue weighted by molar-refractivity contribution is 0.199. The summed E-state index contributed by atoms with van der Waals surface area (Å²) >= 11 is 0. The predicted octanol–water partition coefficient (Wildman–Crippen LogP) is 2.09. The zero-order valence-corrected chi connectivity index (χ0v) is 12.5. The molecule has 1 aromatic heterocycles. The summed E-state index contributed by atoms with van der Waals surface area (Å²) in [5.74, 6) is 0. The maximum absolute atomic E-state index is 4.45. The van der Waals surface area contributed by atoms with E-state index in [9.17, 15) is 0 Å². The minimum Gasteiger partial charge on any atom is -0.312 e. The van der Waals surface area contributed by atoms with Gasteiger partial charge < -0.3 is 5.32 Å². The number of benzene rings is 1. The number of hydrogen-bond acceptors (Lipinski definition) is 3. The highest BCUT2D eigenvalue weighted by Gasteiger charge is 2.16. The topological polar surface area (TPSA) is 33.1 Å². The van der Waals surface area contributed by atoms with E-state index < -0.39 is 0 Å². The normalized spacial score (nSPS) is 19.6. The highest BCUT2D eigenvalue weighted by atomic mass is 35.5. The van der Waals surface area contributed by atoms with Crippen LogP contribution in [0.25, 0.3) is 5.69 Å². The zero-order chi connectivity index (χ0) is 13.1. The fourth-order valence-corrected chi connectivity index (χ4v) is 2.58. The number of aromatic nitrogens is 2. The standard InChI is InChI=1S/C15H20N4.ClH/c1-13-10-18(8-7-16-13)11-14-9-17-19(12-14)15-5-3-2-4-6-15;/h2-6,9,12-13,16H,7-8,10-11H2,1H3;1H. The molecule has 1 atom stereocenters. The summed E-state index contributed by atoms with van der Waals surface area (Å²) in [6, 6.07) is 10.8. The summed E-state index contributed by atoms with van der Waals surface area (Å²) in [4.78, 5) is 2.48. The van der Waals surface area contributed by atoms with Gasteiger partial charge in [0.2, 0.25) is 0 Å². The highest BCUT2D eigenvalue weighted by molar-refractivity contribution is 5.85. The maximum atomic E-state index is 4.45. The minimum atomic E-state index is 0. The van der Waals surface area contributed by atoms with Gasteiger partial charge in [0.15, 0.2) is 0 Å². The van der Waals surface area contributed by atoms with Gasteiger partial charge in [-0.2, -0.15) is 5.10 Å². The molecule has 1 N–H and O–H groups in total. The molecular weight excluding hydrogens is 272 g/mol. The SMILES string of the molecule is CC1CN(Cc2cnn(-c3ccccc3)c2)CCN1.Cl. The second-order valence-electron chi connectivity index (χ2n) is 5.22. The first-order valence-corrected chi connectivity index (χ1v) is 6.86. The number of nitrogens with one attached hydrogen (secondary N) is 1. The van der Waals surface area contributed by atoms with E-state index in [2.05, 4.69) is 40.6 Å². The van der Waals surface area contributed by atoms with E-state index in [1.807, 2.05) is 29.1 Å². The van der Waals surface area contributed by atoms with Crippen molar-refractivity contribution in [2.75, 3.05) is 19.6 Å². The first kappa shape index (κ1) is 15.0. The summed E-state index contributed by atoms with van der Waals surface area (Å²) in [5.41, 5.74) is 2.39. The predicted molar refractivity (Wildman–Crippen MR) is 83.6 cm³/mol. The molecule has 1 aromatic carbocycles. The first-order chi connectivity index (χ1) is 9.31. The third-order valence-electron chi connectivity index (χ3n) is 3.52. The summed E-state index contributed by atoms with van der Waals surface area (Å²) in [6.07, 6.45) is 4.10. The van der Waals surface area contributed by atoms with Gasteiger partial charge in [-0.15, -0.1) is 12.4 Å². The Morgan fingerprint density at radius 1 is 1.30 bits per heavy atom. The van der Waals surface area contributed by atoms with Crippen LogP contribution in [0, 0.1) is 0 Å². The van der Waals surface area contributed by atoms with Crippen molar-refractivity contribution in [3.63, 3.8) is 0 Å².